The maximum absolute atomic E-state index is 12.3. The van der Waals surface area contributed by atoms with Crippen molar-refractivity contribution in [3.63, 3.8) is 0 Å². The monoisotopic (exact) mass is 339 g/mol. The molecule has 1 aromatic carbocycles. The molecule has 1 atom stereocenters. The van der Waals surface area contributed by atoms with Crippen LogP contribution in [0.3, 0.4) is 0 Å². The number of likely N-dealkylation sites (N-methyl/N-ethyl adjacent to an activating group) is 1. The van der Waals surface area contributed by atoms with Gasteiger partial charge in [-0.15, -0.1) is 23.7 Å². The van der Waals surface area contributed by atoms with E-state index in [1.54, 1.807) is 11.3 Å². The van der Waals surface area contributed by atoms with Crippen LogP contribution in [0.5, 0.6) is 0 Å². The predicted octanol–water partition coefficient (Wildman–Crippen LogP) is 2.86. The van der Waals surface area contributed by atoms with Gasteiger partial charge in [-0.2, -0.15) is 0 Å². The first kappa shape index (κ1) is 17.2. The van der Waals surface area contributed by atoms with Crippen LogP contribution in [-0.4, -0.2) is 42.0 Å². The first-order chi connectivity index (χ1) is 10.3. The van der Waals surface area contributed by atoms with Gasteiger partial charge < -0.3 is 10.2 Å². The Morgan fingerprint density at radius 2 is 2.27 bits per heavy atom. The number of piperidine rings is 1. The molecule has 4 nitrogen and oxygen atoms in total. The van der Waals surface area contributed by atoms with Gasteiger partial charge in [0.1, 0.15) is 0 Å². The molecule has 1 saturated heterocycles. The molecule has 120 valence electrons. The number of thiazole rings is 1. The third kappa shape index (κ3) is 3.97. The fourth-order valence-corrected chi connectivity index (χ4v) is 3.80. The zero-order valence-electron chi connectivity index (χ0n) is 12.7. The van der Waals surface area contributed by atoms with Crippen LogP contribution in [0.2, 0.25) is 0 Å². The summed E-state index contributed by atoms with van der Waals surface area (Å²) in [7, 11) is 1.97. The van der Waals surface area contributed by atoms with E-state index in [2.05, 4.69) is 16.4 Å². The van der Waals surface area contributed by atoms with Crippen molar-refractivity contribution in [2.45, 2.75) is 31.7 Å². The summed E-state index contributed by atoms with van der Waals surface area (Å²) in [5.74, 6) is 0.259. The van der Waals surface area contributed by atoms with E-state index in [9.17, 15) is 4.79 Å². The number of amides is 1. The van der Waals surface area contributed by atoms with Gasteiger partial charge in [-0.1, -0.05) is 12.1 Å². The van der Waals surface area contributed by atoms with Crippen LogP contribution >= 0.6 is 23.7 Å². The molecule has 3 rings (SSSR count). The minimum Gasteiger partial charge on any atom is -0.341 e. The molecule has 2 aromatic rings. The highest BCUT2D eigenvalue weighted by Gasteiger charge is 2.22. The second-order valence-corrected chi connectivity index (χ2v) is 6.66. The number of benzene rings is 1. The van der Waals surface area contributed by atoms with Gasteiger partial charge in [-0.05, 0) is 32.0 Å². The average Bonchev–Trinajstić information content (AvgIpc) is 2.95. The largest absolute Gasteiger partial charge is 0.341 e. The minimum atomic E-state index is 0. The van der Waals surface area contributed by atoms with Gasteiger partial charge in [-0.25, -0.2) is 4.98 Å². The van der Waals surface area contributed by atoms with E-state index in [0.717, 1.165) is 42.9 Å². The van der Waals surface area contributed by atoms with E-state index < -0.39 is 0 Å². The molecule has 1 amide bonds. The lowest BCUT2D eigenvalue weighted by Crippen LogP contribution is -2.47. The van der Waals surface area contributed by atoms with Crippen molar-refractivity contribution >= 4 is 39.9 Å². The van der Waals surface area contributed by atoms with Crippen LogP contribution in [0.25, 0.3) is 10.2 Å². The van der Waals surface area contributed by atoms with Crippen molar-refractivity contribution in [2.75, 3.05) is 20.1 Å². The number of rotatable bonds is 4. The number of hydrogen-bond donors (Lipinski definition) is 1. The maximum atomic E-state index is 12.3. The summed E-state index contributed by atoms with van der Waals surface area (Å²) in [4.78, 5) is 18.9. The summed E-state index contributed by atoms with van der Waals surface area (Å²) in [6.07, 6.45) is 3.58. The summed E-state index contributed by atoms with van der Waals surface area (Å²) in [5.41, 5.74) is 1.04. The smallest absolute Gasteiger partial charge is 0.223 e. The van der Waals surface area contributed by atoms with Crippen LogP contribution in [0.4, 0.5) is 0 Å². The van der Waals surface area contributed by atoms with E-state index in [1.807, 2.05) is 30.1 Å². The number of carbonyl (C=O) groups excluding carboxylic acids is 1. The Hall–Kier alpha value is -1.17. The highest BCUT2D eigenvalue weighted by Crippen LogP contribution is 2.22. The van der Waals surface area contributed by atoms with E-state index in [-0.39, 0.29) is 18.3 Å². The number of aryl methyl sites for hydroxylation is 1. The van der Waals surface area contributed by atoms with Crippen molar-refractivity contribution in [3.8, 4) is 0 Å². The first-order valence-electron chi connectivity index (χ1n) is 7.56. The number of fused-ring (bicyclic) bond motifs is 1. The van der Waals surface area contributed by atoms with Crippen molar-refractivity contribution < 1.29 is 4.79 Å². The predicted molar refractivity (Wildman–Crippen MR) is 93.9 cm³/mol. The number of carbonyl (C=O) groups is 1. The molecule has 2 heterocycles. The molecule has 0 bridgehead atoms. The van der Waals surface area contributed by atoms with E-state index in [0.29, 0.717) is 12.5 Å². The lowest BCUT2D eigenvalue weighted by atomic mass is 10.1. The molecule has 1 aliphatic rings. The highest BCUT2D eigenvalue weighted by molar-refractivity contribution is 7.18. The normalized spacial score (nSPS) is 18.2. The van der Waals surface area contributed by atoms with Crippen LogP contribution < -0.4 is 5.32 Å². The summed E-state index contributed by atoms with van der Waals surface area (Å²) in [6.45, 7) is 1.74. The number of nitrogens with zero attached hydrogens (tertiary/aromatic N) is 2. The Bertz CT molecular complexity index is 598. The molecule has 1 fully saturated rings. The van der Waals surface area contributed by atoms with E-state index >= 15 is 0 Å². The molecule has 6 heteroatoms. The Labute approximate surface area is 141 Å². The Kier molecular flexibility index (Phi) is 6.17. The molecule has 1 unspecified atom stereocenters. The van der Waals surface area contributed by atoms with Gasteiger partial charge in [0, 0.05) is 32.0 Å². The number of halogens is 1. The van der Waals surface area contributed by atoms with Crippen molar-refractivity contribution in [2.24, 2.45) is 0 Å². The molecular formula is C16H22ClN3OS. The standard InChI is InChI=1S/C16H21N3OS.ClH/c1-17-12-5-4-10-19(11-12)16(20)9-8-15-18-13-6-2-3-7-14(13)21-15;/h2-3,6-7,12,17H,4-5,8-11H2,1H3;1H. The molecular weight excluding hydrogens is 318 g/mol. The Morgan fingerprint density at radius 3 is 3.05 bits per heavy atom. The molecule has 1 aliphatic heterocycles. The van der Waals surface area contributed by atoms with E-state index in [1.165, 1.54) is 4.70 Å². The SMILES string of the molecule is CNC1CCCN(C(=O)CCc2nc3ccccc3s2)C1.Cl. The number of hydrogen-bond acceptors (Lipinski definition) is 4. The zero-order chi connectivity index (χ0) is 14.7. The van der Waals surface area contributed by atoms with Crippen LogP contribution in [0.1, 0.15) is 24.3 Å². The van der Waals surface area contributed by atoms with Crippen LogP contribution in [0, 0.1) is 0 Å². The van der Waals surface area contributed by atoms with Gasteiger partial charge in [0.25, 0.3) is 0 Å². The number of para-hydroxylation sites is 1. The number of aromatic nitrogens is 1. The van der Waals surface area contributed by atoms with E-state index in [4.69, 9.17) is 0 Å². The third-order valence-electron chi connectivity index (χ3n) is 4.07. The summed E-state index contributed by atoms with van der Waals surface area (Å²) in [5, 5.41) is 4.34. The fraction of sp³-hybridized carbons (Fsp3) is 0.500. The van der Waals surface area contributed by atoms with Crippen LogP contribution in [0.15, 0.2) is 24.3 Å². The summed E-state index contributed by atoms with van der Waals surface area (Å²) >= 11 is 1.70. The molecule has 1 aromatic heterocycles. The van der Waals surface area contributed by atoms with Gasteiger partial charge in [0.2, 0.25) is 5.91 Å². The van der Waals surface area contributed by atoms with Crippen molar-refractivity contribution in [1.29, 1.82) is 0 Å². The second kappa shape index (κ2) is 7.90. The molecule has 1 N–H and O–H groups in total. The minimum absolute atomic E-state index is 0. The lowest BCUT2D eigenvalue weighted by molar-refractivity contribution is -0.132. The molecule has 0 saturated carbocycles. The highest BCUT2D eigenvalue weighted by atomic mass is 35.5. The topological polar surface area (TPSA) is 45.2 Å². The first-order valence-corrected chi connectivity index (χ1v) is 8.37. The molecule has 0 aliphatic carbocycles. The average molecular weight is 340 g/mol. The van der Waals surface area contributed by atoms with Gasteiger partial charge in [0.05, 0.1) is 15.2 Å². The summed E-state index contributed by atoms with van der Waals surface area (Å²) < 4.78 is 1.20. The fourth-order valence-electron chi connectivity index (χ4n) is 2.84. The third-order valence-corrected chi connectivity index (χ3v) is 5.17. The van der Waals surface area contributed by atoms with Gasteiger partial charge in [0.15, 0.2) is 0 Å². The zero-order valence-corrected chi connectivity index (χ0v) is 14.4. The molecule has 0 spiro atoms. The summed E-state index contributed by atoms with van der Waals surface area (Å²) in [6, 6.07) is 8.59. The van der Waals surface area contributed by atoms with Crippen molar-refractivity contribution in [3.05, 3.63) is 29.3 Å². The lowest BCUT2D eigenvalue weighted by Gasteiger charge is -2.32. The second-order valence-electron chi connectivity index (χ2n) is 5.54. The molecule has 22 heavy (non-hydrogen) atoms. The Balaban J connectivity index is 0.00000176. The van der Waals surface area contributed by atoms with Crippen LogP contribution in [-0.2, 0) is 11.2 Å². The van der Waals surface area contributed by atoms with Crippen molar-refractivity contribution in [1.82, 2.24) is 15.2 Å². The Morgan fingerprint density at radius 1 is 1.45 bits per heavy atom. The quantitative estimate of drug-likeness (QED) is 0.931. The van der Waals surface area contributed by atoms with Gasteiger partial charge in [-0.3, -0.25) is 4.79 Å². The maximum Gasteiger partial charge on any atom is 0.223 e. The van der Waals surface area contributed by atoms with Gasteiger partial charge >= 0.3 is 0 Å². The molecule has 0 radical (unpaired) electrons. The number of nitrogens with one attached hydrogen (secondary N) is 1. The number of likely N-dealkylation sites (tertiary alicyclic amines) is 1.